The Labute approximate surface area is 190 Å². The number of aromatic nitrogens is 3. The van der Waals surface area contributed by atoms with E-state index in [9.17, 15) is 18.8 Å². The molecular weight excluding hydrogens is 423 g/mol. The fourth-order valence-corrected chi connectivity index (χ4v) is 3.99. The molecule has 1 aromatic carbocycles. The van der Waals surface area contributed by atoms with E-state index in [0.717, 1.165) is 0 Å². The van der Waals surface area contributed by atoms with E-state index in [-0.39, 0.29) is 35.2 Å². The highest BCUT2D eigenvalue weighted by Crippen LogP contribution is 2.32. The second kappa shape index (κ2) is 8.61. The van der Waals surface area contributed by atoms with Crippen LogP contribution < -0.4 is 10.1 Å². The number of hydrogen-bond donors (Lipinski definition) is 1. The van der Waals surface area contributed by atoms with Crippen molar-refractivity contribution in [3.05, 3.63) is 82.3 Å². The summed E-state index contributed by atoms with van der Waals surface area (Å²) < 4.78 is 16.3. The number of imide groups is 1. The van der Waals surface area contributed by atoms with Gasteiger partial charge in [0, 0.05) is 24.4 Å². The molecule has 3 aromatic rings. The van der Waals surface area contributed by atoms with Crippen LogP contribution in [0.5, 0.6) is 0 Å². The molecule has 2 aromatic heterocycles. The number of pyridine rings is 1. The average Bonchev–Trinajstić information content (AvgIpc) is 3.23. The largest absolute Gasteiger partial charge is 0.326 e. The Morgan fingerprint density at radius 3 is 2.15 bits per heavy atom. The highest BCUT2D eigenvalue weighted by molar-refractivity contribution is 6.44. The van der Waals surface area contributed by atoms with Gasteiger partial charge in [-0.1, -0.05) is 33.8 Å². The summed E-state index contributed by atoms with van der Waals surface area (Å²) in [7, 11) is 0. The van der Waals surface area contributed by atoms with Gasteiger partial charge in [-0.25, -0.2) is 9.07 Å². The summed E-state index contributed by atoms with van der Waals surface area (Å²) in [5, 5.41) is 3.08. The number of benzene rings is 1. The van der Waals surface area contributed by atoms with Crippen molar-refractivity contribution in [1.29, 1.82) is 0 Å². The van der Waals surface area contributed by atoms with Gasteiger partial charge in [0.2, 0.25) is 0 Å². The van der Waals surface area contributed by atoms with Crippen molar-refractivity contribution in [2.24, 2.45) is 5.92 Å². The lowest BCUT2D eigenvalue weighted by Crippen LogP contribution is -2.40. The first-order valence-corrected chi connectivity index (χ1v) is 10.9. The third-order valence-corrected chi connectivity index (χ3v) is 5.50. The van der Waals surface area contributed by atoms with E-state index in [2.05, 4.69) is 5.10 Å². The molecule has 7 nitrogen and oxygen atoms in total. The number of hydrogen-bond acceptors (Lipinski definition) is 3. The van der Waals surface area contributed by atoms with Crippen LogP contribution >= 0.6 is 0 Å². The summed E-state index contributed by atoms with van der Waals surface area (Å²) in [6.45, 7) is 7.88. The summed E-state index contributed by atoms with van der Waals surface area (Å²) in [6.07, 6.45) is 3.36. The summed E-state index contributed by atoms with van der Waals surface area (Å²) in [5.41, 5.74) is 0.862. The molecule has 170 valence electrons. The minimum Gasteiger partial charge on any atom is -0.294 e. The Bertz CT molecular complexity index is 1300. The fraction of sp³-hybridized carbons (Fsp3) is 0.280. The number of H-pyrrole nitrogens is 1. The molecule has 0 atom stereocenters. The van der Waals surface area contributed by atoms with Crippen LogP contribution in [0.3, 0.4) is 0 Å². The predicted octanol–water partition coefficient (Wildman–Crippen LogP) is 3.11. The number of nitrogens with zero attached hydrogens (tertiary/aromatic N) is 3. The molecule has 0 saturated heterocycles. The summed E-state index contributed by atoms with van der Waals surface area (Å²) in [5.74, 6) is -1.45. The third-order valence-electron chi connectivity index (χ3n) is 5.50. The molecule has 0 bridgehead atoms. The number of aromatic amines is 1. The molecule has 2 amide bonds. The summed E-state index contributed by atoms with van der Waals surface area (Å²) in [4.78, 5) is 41.8. The van der Waals surface area contributed by atoms with Crippen LogP contribution in [0, 0.1) is 11.7 Å². The standard InChI is InChI=1S/C25H25FN4O3/c1-15(2)14-29-23(31)20(22(25(29)33)28-12-6-5-7-13-28)19-21(16(3)4)27-30(24(19)32)18-10-8-17(26)9-11-18/h5-13,15-16H,14H2,1-4H3/p+1. The van der Waals surface area contributed by atoms with Gasteiger partial charge in [-0.15, -0.1) is 0 Å². The lowest BCUT2D eigenvalue weighted by molar-refractivity contribution is -0.576. The predicted molar refractivity (Wildman–Crippen MR) is 122 cm³/mol. The molecule has 3 heterocycles. The molecular formula is C25H26FN4O3+. The highest BCUT2D eigenvalue weighted by Gasteiger charge is 2.47. The number of rotatable bonds is 6. The van der Waals surface area contributed by atoms with Gasteiger partial charge < -0.3 is 0 Å². The lowest BCUT2D eigenvalue weighted by atomic mass is 9.98. The van der Waals surface area contributed by atoms with Crippen LogP contribution in [0.4, 0.5) is 4.39 Å². The summed E-state index contributed by atoms with van der Waals surface area (Å²) in [6, 6.07) is 10.8. The first-order valence-electron chi connectivity index (χ1n) is 10.9. The molecule has 33 heavy (non-hydrogen) atoms. The smallest absolute Gasteiger partial charge is 0.294 e. The van der Waals surface area contributed by atoms with E-state index in [0.29, 0.717) is 11.4 Å². The van der Waals surface area contributed by atoms with E-state index in [4.69, 9.17) is 0 Å². The zero-order valence-corrected chi connectivity index (χ0v) is 19.0. The fourth-order valence-electron chi connectivity index (χ4n) is 3.99. The topological polar surface area (TPSA) is 79.1 Å². The van der Waals surface area contributed by atoms with Crippen molar-refractivity contribution in [2.45, 2.75) is 33.6 Å². The average molecular weight is 450 g/mol. The Balaban J connectivity index is 2.00. The van der Waals surface area contributed by atoms with Gasteiger partial charge >= 0.3 is 5.91 Å². The van der Waals surface area contributed by atoms with Crippen LogP contribution in [-0.2, 0) is 9.59 Å². The lowest BCUT2D eigenvalue weighted by Gasteiger charge is -2.16. The SMILES string of the molecule is CC(C)CN1C(=O)C(c2c(C(C)C)[nH]n(-c3ccc(F)cc3)c2=O)=C([n+]2ccccc2)C1=O. The van der Waals surface area contributed by atoms with Gasteiger partial charge in [-0.3, -0.25) is 24.4 Å². The van der Waals surface area contributed by atoms with Crippen LogP contribution in [0.1, 0.15) is 44.9 Å². The number of halogens is 1. The van der Waals surface area contributed by atoms with Crippen molar-refractivity contribution in [3.8, 4) is 5.69 Å². The summed E-state index contributed by atoms with van der Waals surface area (Å²) >= 11 is 0. The van der Waals surface area contributed by atoms with Crippen molar-refractivity contribution in [2.75, 3.05) is 6.54 Å². The van der Waals surface area contributed by atoms with Gasteiger partial charge in [0.15, 0.2) is 12.4 Å². The monoisotopic (exact) mass is 449 g/mol. The second-order valence-corrected chi connectivity index (χ2v) is 8.79. The molecule has 1 aliphatic rings. The highest BCUT2D eigenvalue weighted by atomic mass is 19.1. The maximum Gasteiger partial charge on any atom is 0.326 e. The number of nitrogens with one attached hydrogen (secondary N) is 1. The minimum absolute atomic E-state index is 0.0611. The normalized spacial score (nSPS) is 14.3. The molecule has 1 N–H and O–H groups in total. The first kappa shape index (κ1) is 22.4. The molecule has 0 radical (unpaired) electrons. The van der Waals surface area contributed by atoms with E-state index in [1.165, 1.54) is 33.8 Å². The molecule has 0 aliphatic carbocycles. The van der Waals surface area contributed by atoms with Crippen molar-refractivity contribution in [3.63, 3.8) is 0 Å². The van der Waals surface area contributed by atoms with E-state index in [1.807, 2.05) is 27.7 Å². The minimum atomic E-state index is -0.496. The maximum atomic E-state index is 13.6. The quantitative estimate of drug-likeness (QED) is 0.464. The van der Waals surface area contributed by atoms with Gasteiger partial charge in [0.05, 0.1) is 11.3 Å². The van der Waals surface area contributed by atoms with Crippen molar-refractivity contribution in [1.82, 2.24) is 14.7 Å². The van der Waals surface area contributed by atoms with E-state index in [1.54, 1.807) is 35.2 Å². The Kier molecular flexibility index (Phi) is 5.84. The molecule has 1 aliphatic heterocycles. The third kappa shape index (κ3) is 3.92. The molecule has 0 saturated carbocycles. The van der Waals surface area contributed by atoms with Crippen molar-refractivity contribution >= 4 is 23.1 Å². The van der Waals surface area contributed by atoms with Gasteiger partial charge in [-0.05, 0) is 36.1 Å². The van der Waals surface area contributed by atoms with Crippen LogP contribution in [-0.4, -0.2) is 33.0 Å². The first-order chi connectivity index (χ1) is 15.7. The van der Waals surface area contributed by atoms with Gasteiger partial charge in [0.25, 0.3) is 17.2 Å². The van der Waals surface area contributed by atoms with E-state index < -0.39 is 23.2 Å². The van der Waals surface area contributed by atoms with Crippen LogP contribution in [0.25, 0.3) is 17.0 Å². The van der Waals surface area contributed by atoms with Crippen LogP contribution in [0.15, 0.2) is 59.7 Å². The molecule has 8 heteroatoms. The Morgan fingerprint density at radius 2 is 1.58 bits per heavy atom. The number of carbonyl (C=O) groups excluding carboxylic acids is 2. The molecule has 0 spiro atoms. The molecule has 0 unspecified atom stereocenters. The second-order valence-electron chi connectivity index (χ2n) is 8.79. The van der Waals surface area contributed by atoms with E-state index >= 15 is 0 Å². The zero-order valence-electron chi connectivity index (χ0n) is 19.0. The van der Waals surface area contributed by atoms with Crippen molar-refractivity contribution < 1.29 is 18.5 Å². The zero-order chi connectivity index (χ0) is 23.9. The van der Waals surface area contributed by atoms with Crippen LogP contribution in [0.2, 0.25) is 0 Å². The Hall–Kier alpha value is -3.81. The van der Waals surface area contributed by atoms with Gasteiger partial charge in [0.1, 0.15) is 11.4 Å². The Morgan fingerprint density at radius 1 is 0.939 bits per heavy atom. The number of carbonyl (C=O) groups is 2. The van der Waals surface area contributed by atoms with Gasteiger partial charge in [-0.2, -0.15) is 4.57 Å². The molecule has 4 rings (SSSR count). The number of amides is 2. The molecule has 0 fully saturated rings. The maximum absolute atomic E-state index is 13.6.